The maximum atomic E-state index is 3.80. The first-order valence-electron chi connectivity index (χ1n) is 10.5. The molecule has 140 valence electrons. The molecule has 5 aromatic rings. The number of fused-ring (bicyclic) bond motifs is 11. The highest BCUT2D eigenvalue weighted by molar-refractivity contribution is 6.03. The van der Waals surface area contributed by atoms with Gasteiger partial charge in [0.05, 0.1) is 11.1 Å². The Morgan fingerprint density at radius 2 is 1.07 bits per heavy atom. The van der Waals surface area contributed by atoms with Crippen LogP contribution in [0.2, 0.25) is 0 Å². The van der Waals surface area contributed by atoms with Crippen LogP contribution in [0.25, 0.3) is 21.9 Å². The Balaban J connectivity index is 1.73. The number of benzene rings is 5. The average Bonchev–Trinajstić information content (AvgIpc) is 3.11. The van der Waals surface area contributed by atoms with Crippen LogP contribution in [-0.4, -0.2) is 0 Å². The van der Waals surface area contributed by atoms with Crippen molar-refractivity contribution in [2.24, 2.45) is 0 Å². The highest BCUT2D eigenvalue weighted by Gasteiger charge is 2.50. The third-order valence-corrected chi connectivity index (χ3v) is 6.88. The molecule has 0 bridgehead atoms. The lowest BCUT2D eigenvalue weighted by molar-refractivity contribution is 0.765. The molecule has 0 amide bonds. The molecule has 1 aliphatic heterocycles. The van der Waals surface area contributed by atoms with Crippen molar-refractivity contribution in [1.82, 2.24) is 0 Å². The predicted octanol–water partition coefficient (Wildman–Crippen LogP) is 7.26. The summed E-state index contributed by atoms with van der Waals surface area (Å²) >= 11 is 0. The molecule has 0 fully saturated rings. The van der Waals surface area contributed by atoms with Crippen molar-refractivity contribution in [1.29, 1.82) is 0 Å². The van der Waals surface area contributed by atoms with Gasteiger partial charge in [-0.25, -0.2) is 0 Å². The summed E-state index contributed by atoms with van der Waals surface area (Å²) < 4.78 is 0. The first-order valence-corrected chi connectivity index (χ1v) is 10.5. The van der Waals surface area contributed by atoms with Gasteiger partial charge in [0.2, 0.25) is 0 Å². The Kier molecular flexibility index (Phi) is 2.99. The van der Waals surface area contributed by atoms with E-state index in [9.17, 15) is 0 Å². The molecular formula is C29H19N. The van der Waals surface area contributed by atoms with Gasteiger partial charge in [0.15, 0.2) is 0 Å². The first kappa shape index (κ1) is 16.0. The third-order valence-electron chi connectivity index (χ3n) is 6.88. The molecule has 0 aromatic heterocycles. The summed E-state index contributed by atoms with van der Waals surface area (Å²) in [6.45, 7) is 0. The summed E-state index contributed by atoms with van der Waals surface area (Å²) in [5.41, 5.74) is 10.2. The van der Waals surface area contributed by atoms with Gasteiger partial charge in [-0.2, -0.15) is 0 Å². The molecule has 1 heterocycles. The fourth-order valence-corrected chi connectivity index (χ4v) is 5.73. The smallest absolute Gasteiger partial charge is 0.0754 e. The van der Waals surface area contributed by atoms with Crippen molar-refractivity contribution >= 4 is 22.1 Å². The van der Waals surface area contributed by atoms with E-state index >= 15 is 0 Å². The fraction of sp³-hybridized carbons (Fsp3) is 0.0345. The van der Waals surface area contributed by atoms with Crippen LogP contribution in [0.15, 0.2) is 109 Å². The molecule has 0 atom stereocenters. The zero-order chi connectivity index (χ0) is 19.7. The van der Waals surface area contributed by atoms with Gasteiger partial charge in [-0.3, -0.25) is 0 Å². The van der Waals surface area contributed by atoms with Crippen LogP contribution in [0.5, 0.6) is 0 Å². The van der Waals surface area contributed by atoms with Gasteiger partial charge in [0.1, 0.15) is 0 Å². The van der Waals surface area contributed by atoms with E-state index in [1.807, 2.05) is 0 Å². The van der Waals surface area contributed by atoms with Crippen LogP contribution in [-0.2, 0) is 5.41 Å². The van der Waals surface area contributed by atoms with E-state index in [0.29, 0.717) is 0 Å². The molecule has 1 heteroatoms. The minimum atomic E-state index is -0.311. The monoisotopic (exact) mass is 381 g/mol. The topological polar surface area (TPSA) is 12.0 Å². The Morgan fingerprint density at radius 3 is 1.83 bits per heavy atom. The number of anilines is 2. The molecule has 1 spiro atoms. The largest absolute Gasteiger partial charge is 0.354 e. The first-order chi connectivity index (χ1) is 14.9. The summed E-state index contributed by atoms with van der Waals surface area (Å²) in [5, 5.41) is 6.33. The summed E-state index contributed by atoms with van der Waals surface area (Å²) in [6.07, 6.45) is 0. The Bertz CT molecular complexity index is 1430. The zero-order valence-electron chi connectivity index (χ0n) is 16.4. The van der Waals surface area contributed by atoms with Crippen LogP contribution < -0.4 is 5.32 Å². The predicted molar refractivity (Wildman–Crippen MR) is 125 cm³/mol. The fourth-order valence-electron chi connectivity index (χ4n) is 5.73. The van der Waals surface area contributed by atoms with E-state index in [4.69, 9.17) is 0 Å². The number of hydrogen-bond donors (Lipinski definition) is 1. The standard InChI is InChI=1S/C29H19N/c1-2-10-20-19(9-1)17-18-26-28(20)30-27-16-8-7-15-25(27)29(26)23-13-5-3-11-21(23)22-12-4-6-14-24(22)29/h1-18,30H. The van der Waals surface area contributed by atoms with E-state index in [1.165, 1.54) is 55.5 Å². The molecule has 0 radical (unpaired) electrons. The Hall–Kier alpha value is -3.84. The van der Waals surface area contributed by atoms with E-state index in [0.717, 1.165) is 0 Å². The number of hydrogen-bond acceptors (Lipinski definition) is 1. The number of rotatable bonds is 0. The highest BCUT2D eigenvalue weighted by atomic mass is 14.9. The van der Waals surface area contributed by atoms with Crippen LogP contribution in [0.4, 0.5) is 11.4 Å². The quantitative estimate of drug-likeness (QED) is 0.291. The lowest BCUT2D eigenvalue weighted by Gasteiger charge is -2.40. The molecule has 7 rings (SSSR count). The van der Waals surface area contributed by atoms with E-state index in [2.05, 4.69) is 115 Å². The zero-order valence-corrected chi connectivity index (χ0v) is 16.4. The van der Waals surface area contributed by atoms with E-state index in [1.54, 1.807) is 0 Å². The Morgan fingerprint density at radius 1 is 0.467 bits per heavy atom. The summed E-state index contributed by atoms with van der Waals surface area (Å²) in [5.74, 6) is 0. The van der Waals surface area contributed by atoms with Gasteiger partial charge >= 0.3 is 0 Å². The minimum Gasteiger partial charge on any atom is -0.354 e. The minimum absolute atomic E-state index is 0.311. The molecule has 1 nitrogen and oxygen atoms in total. The van der Waals surface area contributed by atoms with E-state index < -0.39 is 0 Å². The van der Waals surface area contributed by atoms with E-state index in [-0.39, 0.29) is 5.41 Å². The summed E-state index contributed by atoms with van der Waals surface area (Å²) in [4.78, 5) is 0. The molecule has 30 heavy (non-hydrogen) atoms. The van der Waals surface area contributed by atoms with Crippen LogP contribution in [0.3, 0.4) is 0 Å². The summed E-state index contributed by atoms with van der Waals surface area (Å²) in [6, 6.07) is 39.9. The van der Waals surface area contributed by atoms with Crippen molar-refractivity contribution in [3.05, 3.63) is 131 Å². The van der Waals surface area contributed by atoms with Crippen LogP contribution in [0, 0.1) is 0 Å². The second-order valence-corrected chi connectivity index (χ2v) is 8.22. The van der Waals surface area contributed by atoms with Gasteiger partial charge in [-0.05, 0) is 44.8 Å². The second kappa shape index (κ2) is 5.61. The van der Waals surface area contributed by atoms with Crippen molar-refractivity contribution in [3.63, 3.8) is 0 Å². The normalized spacial score (nSPS) is 14.5. The van der Waals surface area contributed by atoms with Gasteiger partial charge in [0, 0.05) is 11.1 Å². The van der Waals surface area contributed by atoms with Crippen molar-refractivity contribution in [3.8, 4) is 11.1 Å². The van der Waals surface area contributed by atoms with Gasteiger partial charge < -0.3 is 5.32 Å². The molecule has 5 aromatic carbocycles. The molecule has 1 aliphatic carbocycles. The molecular weight excluding hydrogens is 362 g/mol. The van der Waals surface area contributed by atoms with Crippen LogP contribution in [0.1, 0.15) is 22.3 Å². The summed E-state index contributed by atoms with van der Waals surface area (Å²) in [7, 11) is 0. The SMILES string of the molecule is c1ccc2c(c1)Nc1c(ccc3ccccc13)C21c2ccccc2-c2ccccc21. The van der Waals surface area contributed by atoms with Crippen LogP contribution >= 0.6 is 0 Å². The van der Waals surface area contributed by atoms with Gasteiger partial charge in [0.25, 0.3) is 0 Å². The van der Waals surface area contributed by atoms with Gasteiger partial charge in [-0.1, -0.05) is 103 Å². The van der Waals surface area contributed by atoms with Crippen molar-refractivity contribution in [2.75, 3.05) is 5.32 Å². The van der Waals surface area contributed by atoms with Gasteiger partial charge in [-0.15, -0.1) is 0 Å². The molecule has 0 unspecified atom stereocenters. The third kappa shape index (κ3) is 1.79. The number of para-hydroxylation sites is 1. The Labute approximate surface area is 175 Å². The molecule has 0 saturated carbocycles. The lowest BCUT2D eigenvalue weighted by Crippen LogP contribution is -2.33. The molecule has 0 saturated heterocycles. The molecule has 1 N–H and O–H groups in total. The average molecular weight is 381 g/mol. The lowest BCUT2D eigenvalue weighted by atomic mass is 9.65. The highest BCUT2D eigenvalue weighted by Crippen LogP contribution is 2.61. The van der Waals surface area contributed by atoms with Crippen molar-refractivity contribution in [2.45, 2.75) is 5.41 Å². The number of nitrogens with one attached hydrogen (secondary N) is 1. The maximum Gasteiger partial charge on any atom is 0.0754 e. The molecule has 2 aliphatic rings. The second-order valence-electron chi connectivity index (χ2n) is 8.22. The van der Waals surface area contributed by atoms with Crippen molar-refractivity contribution < 1.29 is 0 Å². The maximum absolute atomic E-state index is 3.80.